The van der Waals surface area contributed by atoms with Crippen LogP contribution in [-0.4, -0.2) is 16.2 Å². The van der Waals surface area contributed by atoms with Crippen molar-refractivity contribution in [2.45, 2.75) is 12.5 Å². The van der Waals surface area contributed by atoms with Crippen LogP contribution in [0.25, 0.3) is 0 Å². The Bertz CT molecular complexity index is 518. The fraction of sp³-hybridized carbons (Fsp3) is 0.364. The molecule has 0 saturated carbocycles. The van der Waals surface area contributed by atoms with Crippen LogP contribution in [-0.2, 0) is 18.4 Å². The second-order valence-electron chi connectivity index (χ2n) is 3.95. The van der Waals surface area contributed by atoms with Crippen molar-refractivity contribution in [1.29, 1.82) is 0 Å². The van der Waals surface area contributed by atoms with E-state index >= 15 is 0 Å². The van der Waals surface area contributed by atoms with Crippen LogP contribution in [0.5, 0.6) is 0 Å². The van der Waals surface area contributed by atoms with Gasteiger partial charge >= 0.3 is 0 Å². The normalized spacial score (nSPS) is 19.8. The van der Waals surface area contributed by atoms with E-state index in [2.05, 4.69) is 20.9 Å². The standard InChI is InChI=1S/C11H11BrN2O2/c1-14-6-13-2-9(14)8-5-15-3-7-4-16-11(12)10(7)8/h2,4,6,8H,3,5H2,1H3. The Labute approximate surface area is 101 Å². The van der Waals surface area contributed by atoms with Gasteiger partial charge in [-0.1, -0.05) is 0 Å². The molecule has 3 heterocycles. The molecule has 0 aliphatic carbocycles. The van der Waals surface area contributed by atoms with Gasteiger partial charge in [0.05, 0.1) is 31.7 Å². The molecule has 1 unspecified atom stereocenters. The first-order chi connectivity index (χ1) is 7.77. The number of aryl methyl sites for hydroxylation is 1. The summed E-state index contributed by atoms with van der Waals surface area (Å²) in [6.45, 7) is 1.30. The topological polar surface area (TPSA) is 40.2 Å². The zero-order valence-corrected chi connectivity index (χ0v) is 10.4. The van der Waals surface area contributed by atoms with Crippen LogP contribution in [0.1, 0.15) is 22.7 Å². The van der Waals surface area contributed by atoms with Gasteiger partial charge in [-0.05, 0) is 15.9 Å². The highest BCUT2D eigenvalue weighted by molar-refractivity contribution is 9.10. The Hall–Kier alpha value is -1.07. The summed E-state index contributed by atoms with van der Waals surface area (Å²) in [5.74, 6) is 0.198. The van der Waals surface area contributed by atoms with E-state index < -0.39 is 0 Å². The zero-order valence-electron chi connectivity index (χ0n) is 8.81. The second-order valence-corrected chi connectivity index (χ2v) is 4.67. The molecule has 1 atom stereocenters. The summed E-state index contributed by atoms with van der Waals surface area (Å²) in [4.78, 5) is 4.15. The zero-order chi connectivity index (χ0) is 11.1. The number of hydrogen-bond acceptors (Lipinski definition) is 3. The Balaban J connectivity index is 2.11. The molecule has 0 bridgehead atoms. The van der Waals surface area contributed by atoms with Crippen LogP contribution in [0.3, 0.4) is 0 Å². The molecule has 84 valence electrons. The number of ether oxygens (including phenoxy) is 1. The highest BCUT2D eigenvalue weighted by Crippen LogP contribution is 2.37. The van der Waals surface area contributed by atoms with E-state index in [9.17, 15) is 0 Å². The van der Waals surface area contributed by atoms with Gasteiger partial charge < -0.3 is 13.7 Å². The van der Waals surface area contributed by atoms with Gasteiger partial charge in [0.15, 0.2) is 4.67 Å². The fourth-order valence-electron chi connectivity index (χ4n) is 2.16. The quantitative estimate of drug-likeness (QED) is 0.807. The van der Waals surface area contributed by atoms with Crippen molar-refractivity contribution in [2.24, 2.45) is 7.05 Å². The monoisotopic (exact) mass is 282 g/mol. The predicted octanol–water partition coefficient (Wildman–Crippen LogP) is 2.44. The van der Waals surface area contributed by atoms with Crippen molar-refractivity contribution >= 4 is 15.9 Å². The highest BCUT2D eigenvalue weighted by Gasteiger charge is 2.29. The maximum Gasteiger partial charge on any atom is 0.173 e. The van der Waals surface area contributed by atoms with Gasteiger partial charge in [0, 0.05) is 30.1 Å². The van der Waals surface area contributed by atoms with Crippen molar-refractivity contribution in [2.75, 3.05) is 6.61 Å². The van der Waals surface area contributed by atoms with Crippen LogP contribution in [0.2, 0.25) is 0 Å². The molecule has 1 aliphatic heterocycles. The van der Waals surface area contributed by atoms with Crippen molar-refractivity contribution < 1.29 is 9.15 Å². The summed E-state index contributed by atoms with van der Waals surface area (Å²) in [6.07, 6.45) is 5.43. The van der Waals surface area contributed by atoms with E-state index in [1.54, 1.807) is 12.6 Å². The molecule has 16 heavy (non-hydrogen) atoms. The highest BCUT2D eigenvalue weighted by atomic mass is 79.9. The summed E-state index contributed by atoms with van der Waals surface area (Å²) in [7, 11) is 1.99. The molecule has 0 amide bonds. The smallest absolute Gasteiger partial charge is 0.173 e. The number of imidazole rings is 1. The Morgan fingerprint density at radius 1 is 1.56 bits per heavy atom. The molecular weight excluding hydrogens is 272 g/mol. The number of nitrogens with zero attached hydrogens (tertiary/aromatic N) is 2. The van der Waals surface area contributed by atoms with E-state index in [0.29, 0.717) is 13.2 Å². The van der Waals surface area contributed by atoms with Gasteiger partial charge in [-0.15, -0.1) is 0 Å². The first-order valence-corrected chi connectivity index (χ1v) is 5.86. The third-order valence-corrected chi connectivity index (χ3v) is 3.58. The SMILES string of the molecule is Cn1cncc1C1COCc2coc(Br)c21. The van der Waals surface area contributed by atoms with Crippen LogP contribution < -0.4 is 0 Å². The lowest BCUT2D eigenvalue weighted by Crippen LogP contribution is -2.18. The number of fused-ring (bicyclic) bond motifs is 1. The van der Waals surface area contributed by atoms with Crippen molar-refractivity contribution in [3.05, 3.63) is 40.3 Å². The van der Waals surface area contributed by atoms with Gasteiger partial charge in [0.25, 0.3) is 0 Å². The van der Waals surface area contributed by atoms with E-state index in [4.69, 9.17) is 9.15 Å². The molecule has 0 radical (unpaired) electrons. The van der Waals surface area contributed by atoms with Gasteiger partial charge in [-0.3, -0.25) is 0 Å². The summed E-state index contributed by atoms with van der Waals surface area (Å²) in [5.41, 5.74) is 3.45. The van der Waals surface area contributed by atoms with E-state index in [-0.39, 0.29) is 5.92 Å². The minimum atomic E-state index is 0.198. The summed E-state index contributed by atoms with van der Waals surface area (Å²) in [6, 6.07) is 0. The molecule has 0 fully saturated rings. The third-order valence-electron chi connectivity index (χ3n) is 2.96. The van der Waals surface area contributed by atoms with Crippen LogP contribution in [0.4, 0.5) is 0 Å². The van der Waals surface area contributed by atoms with E-state index in [0.717, 1.165) is 15.9 Å². The molecule has 0 saturated heterocycles. The molecule has 0 aromatic carbocycles. The van der Waals surface area contributed by atoms with Crippen LogP contribution in [0.15, 0.2) is 27.9 Å². The number of rotatable bonds is 1. The minimum absolute atomic E-state index is 0.198. The van der Waals surface area contributed by atoms with Gasteiger partial charge in [0.2, 0.25) is 0 Å². The Morgan fingerprint density at radius 3 is 3.19 bits per heavy atom. The molecule has 5 heteroatoms. The lowest BCUT2D eigenvalue weighted by molar-refractivity contribution is 0.0983. The summed E-state index contributed by atoms with van der Waals surface area (Å²) < 4.78 is 13.8. The summed E-state index contributed by atoms with van der Waals surface area (Å²) in [5, 5.41) is 0. The number of aromatic nitrogens is 2. The molecule has 1 aliphatic rings. The van der Waals surface area contributed by atoms with Crippen LogP contribution in [0, 0.1) is 0 Å². The third kappa shape index (κ3) is 1.43. The Morgan fingerprint density at radius 2 is 2.44 bits per heavy atom. The van der Waals surface area contributed by atoms with Crippen LogP contribution >= 0.6 is 15.9 Å². The summed E-state index contributed by atoms with van der Waals surface area (Å²) >= 11 is 3.45. The maximum atomic E-state index is 5.58. The number of hydrogen-bond donors (Lipinski definition) is 0. The van der Waals surface area contributed by atoms with Gasteiger partial charge in [-0.25, -0.2) is 4.98 Å². The average Bonchev–Trinajstić information content (AvgIpc) is 2.86. The minimum Gasteiger partial charge on any atom is -0.457 e. The molecule has 0 N–H and O–H groups in total. The van der Waals surface area contributed by atoms with Crippen molar-refractivity contribution in [1.82, 2.24) is 9.55 Å². The van der Waals surface area contributed by atoms with Gasteiger partial charge in [-0.2, -0.15) is 0 Å². The van der Waals surface area contributed by atoms with E-state index in [1.807, 2.05) is 17.8 Å². The predicted molar refractivity (Wildman–Crippen MR) is 61.1 cm³/mol. The second kappa shape index (κ2) is 3.75. The van der Waals surface area contributed by atoms with Crippen molar-refractivity contribution in [3.63, 3.8) is 0 Å². The molecule has 3 rings (SSSR count). The first kappa shape index (κ1) is 10.1. The Kier molecular flexibility index (Phi) is 2.37. The lowest BCUT2D eigenvalue weighted by atomic mass is 9.94. The van der Waals surface area contributed by atoms with Crippen molar-refractivity contribution in [3.8, 4) is 0 Å². The largest absolute Gasteiger partial charge is 0.457 e. The lowest BCUT2D eigenvalue weighted by Gasteiger charge is -2.22. The molecule has 2 aromatic rings. The maximum absolute atomic E-state index is 5.58. The fourth-order valence-corrected chi connectivity index (χ4v) is 2.78. The molecular formula is C11H11BrN2O2. The van der Waals surface area contributed by atoms with E-state index in [1.165, 1.54) is 5.56 Å². The molecule has 2 aromatic heterocycles. The number of halogens is 1. The molecule has 0 spiro atoms. The average molecular weight is 283 g/mol. The van der Waals surface area contributed by atoms with Gasteiger partial charge in [0.1, 0.15) is 0 Å². The number of furan rings is 1. The molecule has 4 nitrogen and oxygen atoms in total. The first-order valence-electron chi connectivity index (χ1n) is 5.07.